The van der Waals surface area contributed by atoms with Crippen molar-refractivity contribution in [1.82, 2.24) is 24.7 Å². The topological polar surface area (TPSA) is 98.7 Å². The van der Waals surface area contributed by atoms with Gasteiger partial charge in [-0.2, -0.15) is 5.26 Å². The van der Waals surface area contributed by atoms with Gasteiger partial charge >= 0.3 is 0 Å². The molecule has 0 bridgehead atoms. The second-order valence-corrected chi connectivity index (χ2v) is 7.07. The third-order valence-corrected chi connectivity index (χ3v) is 3.65. The first kappa shape index (κ1) is 17.6. The van der Waals surface area contributed by atoms with E-state index in [0.717, 1.165) is 23.3 Å². The summed E-state index contributed by atoms with van der Waals surface area (Å²) in [5.41, 5.74) is 1.68. The average molecular weight is 352 g/mol. The van der Waals surface area contributed by atoms with Crippen molar-refractivity contribution in [2.75, 3.05) is 7.11 Å². The molecule has 0 radical (unpaired) electrons. The monoisotopic (exact) mass is 352 g/mol. The van der Waals surface area contributed by atoms with Crippen molar-refractivity contribution in [3.8, 4) is 17.8 Å². The number of fused-ring (bicyclic) bond motifs is 1. The highest BCUT2D eigenvalue weighted by molar-refractivity contribution is 5.76. The van der Waals surface area contributed by atoms with Crippen molar-refractivity contribution in [3.63, 3.8) is 0 Å². The van der Waals surface area contributed by atoms with E-state index in [2.05, 4.69) is 45.5 Å². The lowest BCUT2D eigenvalue weighted by atomic mass is 9.97. The quantitative estimate of drug-likeness (QED) is 0.696. The minimum absolute atomic E-state index is 0.0262. The minimum atomic E-state index is 0.0262. The van der Waals surface area contributed by atoms with Crippen LogP contribution < -0.4 is 9.47 Å². The molecular weight excluding hydrogens is 332 g/mol. The Morgan fingerprint density at radius 2 is 1.92 bits per heavy atom. The second-order valence-electron chi connectivity index (χ2n) is 7.07. The summed E-state index contributed by atoms with van der Waals surface area (Å²) in [4.78, 5) is 8.42. The fourth-order valence-corrected chi connectivity index (χ4v) is 2.56. The molecule has 26 heavy (non-hydrogen) atoms. The molecule has 8 heteroatoms. The molecule has 0 aliphatic rings. The molecule has 3 aromatic rings. The Morgan fingerprint density at radius 3 is 2.54 bits per heavy atom. The zero-order valence-electron chi connectivity index (χ0n) is 15.2. The molecule has 3 heterocycles. The summed E-state index contributed by atoms with van der Waals surface area (Å²) < 4.78 is 12.8. The average Bonchev–Trinajstić information content (AvgIpc) is 2.95. The number of nitrogens with zero attached hydrogens (tertiary/aromatic N) is 6. The van der Waals surface area contributed by atoms with Crippen molar-refractivity contribution < 1.29 is 9.47 Å². The van der Waals surface area contributed by atoms with Crippen LogP contribution in [0.4, 0.5) is 0 Å². The summed E-state index contributed by atoms with van der Waals surface area (Å²) in [5.74, 6) is 0.986. The molecule has 0 saturated carbocycles. The Balaban J connectivity index is 1.92. The van der Waals surface area contributed by atoms with E-state index in [1.807, 2.05) is 12.1 Å². The fourth-order valence-electron chi connectivity index (χ4n) is 2.56. The number of rotatable bonds is 5. The van der Waals surface area contributed by atoms with Crippen molar-refractivity contribution in [2.45, 2.75) is 33.9 Å². The van der Waals surface area contributed by atoms with E-state index in [-0.39, 0.29) is 11.2 Å². The minimum Gasteiger partial charge on any atom is -0.480 e. The molecule has 0 N–H and O–H groups in total. The van der Waals surface area contributed by atoms with Crippen LogP contribution in [0.25, 0.3) is 11.0 Å². The van der Waals surface area contributed by atoms with Gasteiger partial charge in [-0.15, -0.1) is 10.2 Å². The van der Waals surface area contributed by atoms with E-state index in [1.54, 1.807) is 18.3 Å². The Bertz CT molecular complexity index is 951. The van der Waals surface area contributed by atoms with Crippen LogP contribution in [0.15, 0.2) is 24.4 Å². The number of ether oxygens (including phenoxy) is 2. The van der Waals surface area contributed by atoms with Gasteiger partial charge in [0.2, 0.25) is 17.6 Å². The number of nitriles is 1. The zero-order valence-corrected chi connectivity index (χ0v) is 15.2. The molecule has 0 fully saturated rings. The van der Waals surface area contributed by atoms with Crippen molar-refractivity contribution in [1.29, 1.82) is 5.26 Å². The predicted molar refractivity (Wildman–Crippen MR) is 94.6 cm³/mol. The maximum absolute atomic E-state index is 9.09. The molecule has 3 rings (SSSR count). The first-order valence-electron chi connectivity index (χ1n) is 8.15. The van der Waals surface area contributed by atoms with Crippen LogP contribution in [0.1, 0.15) is 32.3 Å². The molecule has 0 aromatic carbocycles. The second kappa shape index (κ2) is 6.96. The van der Waals surface area contributed by atoms with E-state index >= 15 is 0 Å². The van der Waals surface area contributed by atoms with E-state index in [0.29, 0.717) is 18.4 Å². The van der Waals surface area contributed by atoms with Crippen LogP contribution in [0.2, 0.25) is 0 Å². The summed E-state index contributed by atoms with van der Waals surface area (Å²) in [6.45, 7) is 7.46. The van der Waals surface area contributed by atoms with E-state index in [1.165, 1.54) is 7.11 Å². The fraction of sp³-hybridized carbons (Fsp3) is 0.389. The lowest BCUT2D eigenvalue weighted by Crippen LogP contribution is -2.18. The predicted octanol–water partition coefficient (Wildman–Crippen LogP) is 2.73. The Morgan fingerprint density at radius 1 is 1.19 bits per heavy atom. The third kappa shape index (κ3) is 3.88. The van der Waals surface area contributed by atoms with Gasteiger partial charge in [-0.3, -0.25) is 0 Å². The van der Waals surface area contributed by atoms with Gasteiger partial charge in [0.15, 0.2) is 0 Å². The summed E-state index contributed by atoms with van der Waals surface area (Å²) in [7, 11) is 1.53. The summed E-state index contributed by atoms with van der Waals surface area (Å²) >= 11 is 0. The highest BCUT2D eigenvalue weighted by atomic mass is 16.5. The van der Waals surface area contributed by atoms with Crippen molar-refractivity contribution in [3.05, 3.63) is 35.9 Å². The van der Waals surface area contributed by atoms with Gasteiger partial charge in [-0.25, -0.2) is 9.97 Å². The first-order chi connectivity index (χ1) is 12.4. The maximum atomic E-state index is 9.09. The van der Waals surface area contributed by atoms with Gasteiger partial charge in [0.25, 0.3) is 0 Å². The van der Waals surface area contributed by atoms with E-state index < -0.39 is 0 Å². The normalized spacial score (nSPS) is 11.3. The smallest absolute Gasteiger partial charge is 0.234 e. The largest absolute Gasteiger partial charge is 0.480 e. The van der Waals surface area contributed by atoms with Gasteiger partial charge in [0.05, 0.1) is 12.8 Å². The standard InChI is InChI=1S/C18H20N6O2/c1-18(2,3)11-24-13(7-12-9-20-14(8-19)21-17(12)24)10-26-16-6-5-15(25-4)22-23-16/h5-7,9H,10-11H2,1-4H3. The lowest BCUT2D eigenvalue weighted by Gasteiger charge is -2.21. The highest BCUT2D eigenvalue weighted by Crippen LogP contribution is 2.25. The van der Waals surface area contributed by atoms with Gasteiger partial charge in [0.1, 0.15) is 18.3 Å². The third-order valence-electron chi connectivity index (χ3n) is 3.65. The van der Waals surface area contributed by atoms with Crippen molar-refractivity contribution >= 4 is 11.0 Å². The molecule has 0 aliphatic heterocycles. The first-order valence-corrected chi connectivity index (χ1v) is 8.15. The summed E-state index contributed by atoms with van der Waals surface area (Å²) in [5, 5.41) is 17.8. The van der Waals surface area contributed by atoms with Gasteiger partial charge < -0.3 is 14.0 Å². The molecule has 134 valence electrons. The molecule has 8 nitrogen and oxygen atoms in total. The molecule has 0 unspecified atom stereocenters. The number of aromatic nitrogens is 5. The number of methoxy groups -OCH3 is 1. The van der Waals surface area contributed by atoms with Crippen molar-refractivity contribution in [2.24, 2.45) is 5.41 Å². The zero-order chi connectivity index (χ0) is 18.7. The van der Waals surface area contributed by atoms with Crippen LogP contribution in [0.5, 0.6) is 11.8 Å². The van der Waals surface area contributed by atoms with Crippen LogP contribution in [0.3, 0.4) is 0 Å². The highest BCUT2D eigenvalue weighted by Gasteiger charge is 2.18. The molecule has 0 amide bonds. The molecule has 0 saturated heterocycles. The van der Waals surface area contributed by atoms with Gasteiger partial charge in [-0.1, -0.05) is 20.8 Å². The Kier molecular flexibility index (Phi) is 4.71. The van der Waals surface area contributed by atoms with Crippen LogP contribution in [-0.2, 0) is 13.2 Å². The molecule has 0 atom stereocenters. The van der Waals surface area contributed by atoms with E-state index in [9.17, 15) is 0 Å². The number of hydrogen-bond donors (Lipinski definition) is 0. The molecule has 3 aromatic heterocycles. The SMILES string of the molecule is COc1ccc(OCc2cc3cnc(C#N)nc3n2CC(C)(C)C)nn1. The van der Waals surface area contributed by atoms with Gasteiger partial charge in [0, 0.05) is 30.3 Å². The molecular formula is C18H20N6O2. The van der Waals surface area contributed by atoms with Gasteiger partial charge in [-0.05, 0) is 11.5 Å². The Labute approximate surface area is 151 Å². The van der Waals surface area contributed by atoms with Crippen LogP contribution in [-0.4, -0.2) is 31.8 Å². The number of hydrogen-bond acceptors (Lipinski definition) is 7. The lowest BCUT2D eigenvalue weighted by molar-refractivity contribution is 0.267. The molecule has 0 aliphatic carbocycles. The van der Waals surface area contributed by atoms with Crippen LogP contribution >= 0.6 is 0 Å². The van der Waals surface area contributed by atoms with E-state index in [4.69, 9.17) is 14.7 Å². The summed E-state index contributed by atoms with van der Waals surface area (Å²) in [6, 6.07) is 7.36. The maximum Gasteiger partial charge on any atom is 0.234 e. The summed E-state index contributed by atoms with van der Waals surface area (Å²) in [6.07, 6.45) is 1.66. The van der Waals surface area contributed by atoms with Crippen LogP contribution in [0, 0.1) is 16.7 Å². The molecule has 0 spiro atoms. The Hall–Kier alpha value is -3.21.